The molecule has 1 aliphatic rings. The van der Waals surface area contributed by atoms with E-state index in [0.29, 0.717) is 4.90 Å². The molecule has 8 nitrogen and oxygen atoms in total. The zero-order valence-electron chi connectivity index (χ0n) is 22.4. The number of likely N-dealkylation sites (tertiary alicyclic amines) is 1. The van der Waals surface area contributed by atoms with Crippen LogP contribution >= 0.6 is 0 Å². The Hall–Kier alpha value is -3.97. The summed E-state index contributed by atoms with van der Waals surface area (Å²) in [7, 11) is 0. The van der Waals surface area contributed by atoms with E-state index in [1.54, 1.807) is 0 Å². The zero-order chi connectivity index (χ0) is 30.5. The highest BCUT2D eigenvalue weighted by Crippen LogP contribution is 2.43. The summed E-state index contributed by atoms with van der Waals surface area (Å²) in [6.45, 7) is 4.82. The number of aryl methyl sites for hydroxylation is 1. The number of nitrogens with zero attached hydrogens (tertiary/aromatic N) is 2. The maximum Gasteiger partial charge on any atom is 0.433 e. The third-order valence-corrected chi connectivity index (χ3v) is 6.86. The Morgan fingerprint density at radius 2 is 1.93 bits per heavy atom. The Morgan fingerprint density at radius 3 is 2.54 bits per heavy atom. The van der Waals surface area contributed by atoms with Crippen molar-refractivity contribution in [2.24, 2.45) is 5.41 Å². The van der Waals surface area contributed by atoms with Gasteiger partial charge in [-0.25, -0.2) is 18.0 Å². The first-order valence-corrected chi connectivity index (χ1v) is 12.5. The number of alkyl halides is 5. The molecule has 2 unspecified atom stereocenters. The van der Waals surface area contributed by atoms with Crippen molar-refractivity contribution in [3.05, 3.63) is 58.9 Å². The lowest BCUT2D eigenvalue weighted by atomic mass is 9.76. The molecule has 3 heterocycles. The highest BCUT2D eigenvalue weighted by Gasteiger charge is 2.59. The summed E-state index contributed by atoms with van der Waals surface area (Å²) >= 11 is 0. The van der Waals surface area contributed by atoms with Crippen LogP contribution in [-0.4, -0.2) is 51.5 Å². The third kappa shape index (κ3) is 5.77. The average Bonchev–Trinajstić information content (AvgIpc) is 3.16. The first-order valence-electron chi connectivity index (χ1n) is 12.5. The number of furan rings is 1. The predicted octanol–water partition coefficient (Wildman–Crippen LogP) is 6.41. The van der Waals surface area contributed by atoms with E-state index in [1.165, 1.54) is 33.8 Å². The number of amides is 2. The van der Waals surface area contributed by atoms with Crippen LogP contribution in [0.15, 0.2) is 34.9 Å². The predicted molar refractivity (Wildman–Crippen MR) is 133 cm³/mol. The molecule has 1 aromatic carbocycles. The number of hydrogen-bond donors (Lipinski definition) is 2. The fourth-order valence-corrected chi connectivity index (χ4v) is 5.22. The molecule has 2 atom stereocenters. The molecule has 0 spiro atoms. The van der Waals surface area contributed by atoms with E-state index >= 15 is 8.78 Å². The molecule has 2 aromatic heterocycles. The summed E-state index contributed by atoms with van der Waals surface area (Å²) in [6.07, 6.45) is -5.70. The second-order valence-electron chi connectivity index (χ2n) is 10.8. The third-order valence-electron chi connectivity index (χ3n) is 6.86. The number of ether oxygens (including phenoxy) is 1. The molecular weight excluding hydrogens is 560 g/mol. The van der Waals surface area contributed by atoms with Crippen LogP contribution in [0.5, 0.6) is 5.75 Å². The standard InChI is InChI=1S/C27H27F6N3O5/c1-13-20(22(37)35-19-7-9-36(24(38)39)23(25(2,3)4)26(19,29)30)15-10-18(16(28)11-17(15)41-13)40-12-14-6-5-8-34-21(14)27(31,32)33/h5-6,8,10-11,19,23H,7,9,12H2,1-4H3,(H,35,37)(H,38,39). The molecule has 1 saturated heterocycles. The molecule has 0 radical (unpaired) electrons. The van der Waals surface area contributed by atoms with E-state index in [-0.39, 0.29) is 40.8 Å². The molecule has 0 aliphatic carbocycles. The molecule has 1 fully saturated rings. The summed E-state index contributed by atoms with van der Waals surface area (Å²) in [5.74, 6) is -6.16. The molecule has 1 aliphatic heterocycles. The number of hydrogen-bond acceptors (Lipinski definition) is 5. The molecule has 0 saturated carbocycles. The minimum Gasteiger partial charge on any atom is -0.486 e. The monoisotopic (exact) mass is 587 g/mol. The van der Waals surface area contributed by atoms with E-state index in [4.69, 9.17) is 9.15 Å². The Bertz CT molecular complexity index is 1480. The number of piperidine rings is 1. The fourth-order valence-electron chi connectivity index (χ4n) is 5.22. The van der Waals surface area contributed by atoms with Crippen molar-refractivity contribution in [3.8, 4) is 5.75 Å². The van der Waals surface area contributed by atoms with Crippen LogP contribution in [0.25, 0.3) is 11.0 Å². The van der Waals surface area contributed by atoms with Crippen molar-refractivity contribution < 1.29 is 50.2 Å². The SMILES string of the molecule is Cc1oc2cc(F)c(OCc3cccnc3C(F)(F)F)cc2c1C(=O)NC1CCN(C(=O)O)C(C(C)(C)C)C1(F)F. The van der Waals surface area contributed by atoms with Crippen LogP contribution in [0.3, 0.4) is 0 Å². The molecule has 2 amide bonds. The van der Waals surface area contributed by atoms with Gasteiger partial charge in [-0.15, -0.1) is 0 Å². The molecule has 4 rings (SSSR count). The van der Waals surface area contributed by atoms with Crippen molar-refractivity contribution in [3.63, 3.8) is 0 Å². The van der Waals surface area contributed by atoms with Gasteiger partial charge in [0.05, 0.1) is 11.6 Å². The summed E-state index contributed by atoms with van der Waals surface area (Å²) < 4.78 is 96.6. The molecule has 3 aromatic rings. The number of carbonyl (C=O) groups is 2. The number of nitrogens with one attached hydrogen (secondary N) is 1. The lowest BCUT2D eigenvalue weighted by molar-refractivity contribution is -0.154. The second kappa shape index (κ2) is 10.5. The van der Waals surface area contributed by atoms with Gasteiger partial charge in [-0.3, -0.25) is 14.7 Å². The van der Waals surface area contributed by atoms with Gasteiger partial charge in [0.2, 0.25) is 0 Å². The van der Waals surface area contributed by atoms with Gasteiger partial charge in [-0.2, -0.15) is 13.2 Å². The first-order chi connectivity index (χ1) is 18.9. The van der Waals surface area contributed by atoms with E-state index in [1.807, 2.05) is 0 Å². The smallest absolute Gasteiger partial charge is 0.433 e. The number of rotatable bonds is 5. The van der Waals surface area contributed by atoms with Crippen LogP contribution in [0, 0.1) is 18.2 Å². The van der Waals surface area contributed by atoms with Gasteiger partial charge in [-0.1, -0.05) is 26.8 Å². The highest BCUT2D eigenvalue weighted by molar-refractivity contribution is 6.07. The fraction of sp³-hybridized carbons (Fsp3) is 0.444. The normalized spacial score (nSPS) is 19.3. The Morgan fingerprint density at radius 1 is 1.24 bits per heavy atom. The van der Waals surface area contributed by atoms with Gasteiger partial charge in [-0.05, 0) is 30.9 Å². The number of carboxylic acid groups (broad SMARTS) is 1. The Kier molecular flexibility index (Phi) is 7.65. The molecular formula is C27H27F6N3O5. The van der Waals surface area contributed by atoms with E-state index < -0.39 is 65.5 Å². The number of benzene rings is 1. The minimum absolute atomic E-state index is 0.0164. The lowest BCUT2D eigenvalue weighted by Gasteiger charge is -2.49. The quantitative estimate of drug-likeness (QED) is 0.335. The highest BCUT2D eigenvalue weighted by atomic mass is 19.4. The molecule has 41 heavy (non-hydrogen) atoms. The minimum atomic E-state index is -4.77. The summed E-state index contributed by atoms with van der Waals surface area (Å²) in [4.78, 5) is 28.9. The van der Waals surface area contributed by atoms with Gasteiger partial charge in [0.25, 0.3) is 11.8 Å². The molecule has 2 N–H and O–H groups in total. The largest absolute Gasteiger partial charge is 0.486 e. The van der Waals surface area contributed by atoms with Crippen LogP contribution in [0.2, 0.25) is 0 Å². The van der Waals surface area contributed by atoms with Crippen molar-refractivity contribution in [2.45, 2.75) is 64.9 Å². The van der Waals surface area contributed by atoms with E-state index in [0.717, 1.165) is 24.4 Å². The van der Waals surface area contributed by atoms with Gasteiger partial charge in [0.1, 0.15) is 24.0 Å². The summed E-state index contributed by atoms with van der Waals surface area (Å²) in [5, 5.41) is 11.8. The maximum atomic E-state index is 15.7. The summed E-state index contributed by atoms with van der Waals surface area (Å²) in [6, 6.07) is 0.823. The van der Waals surface area contributed by atoms with Crippen molar-refractivity contribution in [1.82, 2.24) is 15.2 Å². The second-order valence-corrected chi connectivity index (χ2v) is 10.8. The Labute approximate surface area is 230 Å². The van der Waals surface area contributed by atoms with Crippen LogP contribution < -0.4 is 10.1 Å². The van der Waals surface area contributed by atoms with Gasteiger partial charge >= 0.3 is 12.3 Å². The van der Waals surface area contributed by atoms with Crippen LogP contribution in [-0.2, 0) is 12.8 Å². The van der Waals surface area contributed by atoms with Crippen molar-refractivity contribution in [1.29, 1.82) is 0 Å². The van der Waals surface area contributed by atoms with Crippen molar-refractivity contribution >= 4 is 23.0 Å². The van der Waals surface area contributed by atoms with Crippen molar-refractivity contribution in [2.75, 3.05) is 6.54 Å². The Balaban J connectivity index is 1.63. The lowest BCUT2D eigenvalue weighted by Crippen LogP contribution is -2.68. The first kappa shape index (κ1) is 30.0. The van der Waals surface area contributed by atoms with Crippen LogP contribution in [0.4, 0.5) is 31.1 Å². The van der Waals surface area contributed by atoms with Gasteiger partial charge in [0.15, 0.2) is 17.3 Å². The van der Waals surface area contributed by atoms with E-state index in [2.05, 4.69) is 10.3 Å². The molecule has 14 heteroatoms. The average molecular weight is 588 g/mol. The van der Waals surface area contributed by atoms with Gasteiger partial charge in [0, 0.05) is 29.8 Å². The number of aromatic nitrogens is 1. The number of pyridine rings is 1. The number of carbonyl (C=O) groups excluding carboxylic acids is 1. The zero-order valence-corrected chi connectivity index (χ0v) is 22.4. The topological polar surface area (TPSA) is 105 Å². The molecule has 0 bridgehead atoms. The number of halogens is 6. The van der Waals surface area contributed by atoms with Gasteiger partial charge < -0.3 is 19.6 Å². The number of fused-ring (bicyclic) bond motifs is 1. The maximum absolute atomic E-state index is 15.7. The van der Waals surface area contributed by atoms with E-state index in [9.17, 15) is 32.3 Å². The summed E-state index contributed by atoms with van der Waals surface area (Å²) in [5.41, 5.74) is -3.05. The van der Waals surface area contributed by atoms with Crippen LogP contribution in [0.1, 0.15) is 54.6 Å². The molecule has 222 valence electrons.